The maximum absolute atomic E-state index is 12.0. The van der Waals surface area contributed by atoms with Crippen LogP contribution in [0.2, 0.25) is 5.02 Å². The fourth-order valence-electron chi connectivity index (χ4n) is 2.18. The van der Waals surface area contributed by atoms with Crippen molar-refractivity contribution in [2.75, 3.05) is 0 Å². The molecule has 0 atom stereocenters. The second kappa shape index (κ2) is 6.76. The molecular formula is C15H12ClN3O3S2. The van der Waals surface area contributed by atoms with E-state index in [-0.39, 0.29) is 23.4 Å². The molecule has 0 radical (unpaired) electrons. The van der Waals surface area contributed by atoms with Gasteiger partial charge in [0.2, 0.25) is 0 Å². The summed E-state index contributed by atoms with van der Waals surface area (Å²) in [6, 6.07) is 3.16. The first-order valence-corrected chi connectivity index (χ1v) is 8.92. The van der Waals surface area contributed by atoms with Crippen LogP contribution in [0.25, 0.3) is 10.6 Å². The predicted octanol–water partition coefficient (Wildman–Crippen LogP) is 3.40. The number of thiazole rings is 1. The molecule has 0 aliphatic heterocycles. The van der Waals surface area contributed by atoms with Gasteiger partial charge in [-0.3, -0.25) is 0 Å². The second-order valence-corrected chi connectivity index (χ2v) is 7.15. The number of thiophene rings is 1. The molecule has 0 unspecified atom stereocenters. The van der Waals surface area contributed by atoms with E-state index in [9.17, 15) is 9.90 Å². The summed E-state index contributed by atoms with van der Waals surface area (Å²) in [4.78, 5) is 17.4. The van der Waals surface area contributed by atoms with Crippen molar-refractivity contribution in [1.29, 1.82) is 0 Å². The summed E-state index contributed by atoms with van der Waals surface area (Å²) in [6.07, 6.45) is 0.200. The minimum atomic E-state index is -0.685. The van der Waals surface area contributed by atoms with Gasteiger partial charge in [-0.25, -0.2) is 9.78 Å². The smallest absolute Gasteiger partial charge is 0.348 e. The number of nitrogens with zero attached hydrogens (tertiary/aromatic N) is 2. The molecule has 0 aliphatic rings. The maximum Gasteiger partial charge on any atom is 0.348 e. The van der Waals surface area contributed by atoms with E-state index < -0.39 is 5.63 Å². The van der Waals surface area contributed by atoms with Crippen molar-refractivity contribution in [2.24, 2.45) is 10.9 Å². The number of nitrogens with two attached hydrogens (primary N) is 1. The number of rotatable bonds is 4. The molecule has 6 nitrogen and oxygen atoms in total. The normalized spacial score (nSPS) is 11.8. The maximum atomic E-state index is 12.0. The number of aromatic hydroxyl groups is 1. The molecule has 0 aliphatic carbocycles. The highest BCUT2D eigenvalue weighted by atomic mass is 35.5. The molecule has 0 amide bonds. The van der Waals surface area contributed by atoms with Gasteiger partial charge in [-0.05, 0) is 18.4 Å². The van der Waals surface area contributed by atoms with E-state index in [0.717, 1.165) is 10.6 Å². The van der Waals surface area contributed by atoms with Crippen LogP contribution in [0.4, 0.5) is 0 Å². The van der Waals surface area contributed by atoms with Gasteiger partial charge in [0, 0.05) is 17.9 Å². The SMILES string of the molecule is Cc1cc(O)c(/C(Cc2nc(-c3sccc3Cl)cs2)=N\N)c(=O)o1. The van der Waals surface area contributed by atoms with Gasteiger partial charge in [0.1, 0.15) is 17.1 Å². The zero-order valence-corrected chi connectivity index (χ0v) is 14.8. The Morgan fingerprint density at radius 3 is 2.92 bits per heavy atom. The van der Waals surface area contributed by atoms with Crippen LogP contribution in [0.1, 0.15) is 16.3 Å². The molecule has 0 bridgehead atoms. The zero-order valence-electron chi connectivity index (χ0n) is 12.4. The van der Waals surface area contributed by atoms with E-state index in [1.54, 1.807) is 6.92 Å². The number of hydrogen-bond donors (Lipinski definition) is 2. The first-order valence-electron chi connectivity index (χ1n) is 6.78. The first-order chi connectivity index (χ1) is 11.5. The molecule has 0 spiro atoms. The molecule has 0 saturated carbocycles. The summed E-state index contributed by atoms with van der Waals surface area (Å²) in [5.74, 6) is 5.50. The molecule has 124 valence electrons. The number of hydrazone groups is 1. The highest BCUT2D eigenvalue weighted by molar-refractivity contribution is 7.15. The lowest BCUT2D eigenvalue weighted by molar-refractivity contribution is 0.432. The molecule has 3 rings (SSSR count). The van der Waals surface area contributed by atoms with Crippen molar-refractivity contribution in [3.05, 3.63) is 54.7 Å². The fourth-order valence-corrected chi connectivity index (χ4v) is 4.15. The van der Waals surface area contributed by atoms with Gasteiger partial charge in [-0.15, -0.1) is 22.7 Å². The van der Waals surface area contributed by atoms with Crippen LogP contribution in [0.5, 0.6) is 5.75 Å². The van der Waals surface area contributed by atoms with E-state index in [2.05, 4.69) is 10.1 Å². The van der Waals surface area contributed by atoms with Gasteiger partial charge in [0.05, 0.1) is 26.3 Å². The fraction of sp³-hybridized carbons (Fsp3) is 0.133. The van der Waals surface area contributed by atoms with Gasteiger partial charge in [0.15, 0.2) is 0 Å². The Hall–Kier alpha value is -2.16. The molecule has 3 N–H and O–H groups in total. The predicted molar refractivity (Wildman–Crippen MR) is 96.2 cm³/mol. The summed E-state index contributed by atoms with van der Waals surface area (Å²) < 4.78 is 5.00. The van der Waals surface area contributed by atoms with Crippen molar-refractivity contribution >= 4 is 40.0 Å². The van der Waals surface area contributed by atoms with Crippen LogP contribution in [-0.4, -0.2) is 15.8 Å². The van der Waals surface area contributed by atoms with E-state index in [0.29, 0.717) is 15.8 Å². The van der Waals surface area contributed by atoms with Crippen LogP contribution in [0.15, 0.2) is 37.2 Å². The quantitative estimate of drug-likeness (QED) is 0.409. The molecule has 3 aromatic heterocycles. The van der Waals surface area contributed by atoms with Gasteiger partial charge < -0.3 is 15.4 Å². The van der Waals surface area contributed by atoms with Gasteiger partial charge in [0.25, 0.3) is 0 Å². The van der Waals surface area contributed by atoms with Crippen LogP contribution < -0.4 is 11.5 Å². The Morgan fingerprint density at radius 1 is 1.50 bits per heavy atom. The Balaban J connectivity index is 1.92. The number of hydrogen-bond acceptors (Lipinski definition) is 8. The minimum absolute atomic E-state index is 0.0472. The molecule has 9 heteroatoms. The summed E-state index contributed by atoms with van der Waals surface area (Å²) in [6.45, 7) is 1.57. The van der Waals surface area contributed by atoms with E-state index >= 15 is 0 Å². The molecule has 24 heavy (non-hydrogen) atoms. The Bertz CT molecular complexity index is 975. The summed E-state index contributed by atoms with van der Waals surface area (Å²) >= 11 is 9.01. The van der Waals surface area contributed by atoms with Crippen molar-refractivity contribution in [2.45, 2.75) is 13.3 Å². The average Bonchev–Trinajstić information content (AvgIpc) is 3.13. The summed E-state index contributed by atoms with van der Waals surface area (Å²) in [5, 5.41) is 18.7. The third-order valence-corrected chi connectivity index (χ3v) is 5.43. The van der Waals surface area contributed by atoms with Crippen molar-refractivity contribution in [3.63, 3.8) is 0 Å². The lowest BCUT2D eigenvalue weighted by Crippen LogP contribution is -2.19. The van der Waals surface area contributed by atoms with Crippen LogP contribution >= 0.6 is 34.3 Å². The highest BCUT2D eigenvalue weighted by Crippen LogP contribution is 2.34. The molecule has 0 saturated heterocycles. The minimum Gasteiger partial charge on any atom is -0.507 e. The lowest BCUT2D eigenvalue weighted by Gasteiger charge is -2.05. The molecule has 0 fully saturated rings. The second-order valence-electron chi connectivity index (χ2n) is 4.88. The number of aryl methyl sites for hydroxylation is 1. The number of halogens is 1. The summed E-state index contributed by atoms with van der Waals surface area (Å²) in [5.41, 5.74) is 0.231. The van der Waals surface area contributed by atoms with Crippen LogP contribution in [0, 0.1) is 6.92 Å². The number of aromatic nitrogens is 1. The molecule has 3 aromatic rings. The lowest BCUT2D eigenvalue weighted by atomic mass is 10.1. The standard InChI is InChI=1S/C15H12ClN3O3S2/c1-7-4-11(20)13(15(21)22-7)9(19-17)5-12-18-10(6-24-12)14-8(16)2-3-23-14/h2-4,6,20H,5,17H2,1H3/b19-9-. The first kappa shape index (κ1) is 16.7. The van der Waals surface area contributed by atoms with E-state index in [1.807, 2.05) is 16.8 Å². The van der Waals surface area contributed by atoms with Crippen molar-refractivity contribution in [1.82, 2.24) is 4.98 Å². The van der Waals surface area contributed by atoms with Crippen molar-refractivity contribution < 1.29 is 9.52 Å². The Morgan fingerprint density at radius 2 is 2.29 bits per heavy atom. The van der Waals surface area contributed by atoms with Gasteiger partial charge >= 0.3 is 5.63 Å². The van der Waals surface area contributed by atoms with Crippen molar-refractivity contribution in [3.8, 4) is 16.3 Å². The van der Waals surface area contributed by atoms with Crippen LogP contribution in [-0.2, 0) is 6.42 Å². The van der Waals surface area contributed by atoms with E-state index in [1.165, 1.54) is 28.7 Å². The molecule has 0 aromatic carbocycles. The molecular weight excluding hydrogens is 370 g/mol. The topological polar surface area (TPSA) is 102 Å². The third kappa shape index (κ3) is 3.21. The highest BCUT2D eigenvalue weighted by Gasteiger charge is 2.19. The van der Waals surface area contributed by atoms with Gasteiger partial charge in [-0.1, -0.05) is 11.6 Å². The average molecular weight is 382 g/mol. The monoisotopic (exact) mass is 381 g/mol. The largest absolute Gasteiger partial charge is 0.507 e. The van der Waals surface area contributed by atoms with Crippen LogP contribution in [0.3, 0.4) is 0 Å². The molecule has 3 heterocycles. The van der Waals surface area contributed by atoms with E-state index in [4.69, 9.17) is 21.9 Å². The Labute approximate surface area is 149 Å². The summed E-state index contributed by atoms with van der Waals surface area (Å²) in [7, 11) is 0. The third-order valence-electron chi connectivity index (χ3n) is 3.22. The zero-order chi connectivity index (χ0) is 17.3. The Kier molecular flexibility index (Phi) is 4.70. The van der Waals surface area contributed by atoms with Gasteiger partial charge in [-0.2, -0.15) is 5.10 Å².